The predicted octanol–water partition coefficient (Wildman–Crippen LogP) is 1.39. The maximum Gasteiger partial charge on any atom is 0.252 e. The van der Waals surface area contributed by atoms with Crippen molar-refractivity contribution in [3.63, 3.8) is 0 Å². The number of carbonyl (C=O) groups is 1. The lowest BCUT2D eigenvalue weighted by Crippen LogP contribution is -2.18. The Morgan fingerprint density at radius 2 is 2.06 bits per heavy atom. The van der Waals surface area contributed by atoms with E-state index in [2.05, 4.69) is 4.90 Å². The summed E-state index contributed by atoms with van der Waals surface area (Å²) in [5.74, 6) is 0.0988. The van der Waals surface area contributed by atoms with Crippen LogP contribution in [0, 0.1) is 0 Å². The summed E-state index contributed by atoms with van der Waals surface area (Å²) in [6, 6.07) is 5.54. The molecule has 16 heavy (non-hydrogen) atoms. The maximum atomic E-state index is 11.1. The monoisotopic (exact) mass is 220 g/mol. The first-order chi connectivity index (χ1) is 7.72. The summed E-state index contributed by atoms with van der Waals surface area (Å²) >= 11 is 0. The molecule has 1 heterocycles. The number of hydrogen-bond acceptors (Lipinski definition) is 3. The number of hydrogen-bond donors (Lipinski definition) is 1. The summed E-state index contributed by atoms with van der Waals surface area (Å²) in [5, 5.41) is 0. The van der Waals surface area contributed by atoms with Crippen molar-refractivity contribution in [3.8, 4) is 5.75 Å². The molecular weight excluding hydrogens is 204 g/mol. The minimum absolute atomic E-state index is 0.436. The summed E-state index contributed by atoms with van der Waals surface area (Å²) in [6.07, 6.45) is 2.44. The fourth-order valence-corrected chi connectivity index (χ4v) is 2.06. The lowest BCUT2D eigenvalue weighted by Gasteiger charge is -2.19. The number of benzene rings is 1. The van der Waals surface area contributed by atoms with Crippen molar-refractivity contribution < 1.29 is 9.53 Å². The van der Waals surface area contributed by atoms with Gasteiger partial charge >= 0.3 is 0 Å². The first-order valence-electron chi connectivity index (χ1n) is 5.45. The highest BCUT2D eigenvalue weighted by Gasteiger charge is 2.15. The van der Waals surface area contributed by atoms with Crippen molar-refractivity contribution in [1.29, 1.82) is 0 Å². The van der Waals surface area contributed by atoms with Crippen LogP contribution in [0.2, 0.25) is 0 Å². The van der Waals surface area contributed by atoms with E-state index in [9.17, 15) is 4.79 Å². The van der Waals surface area contributed by atoms with E-state index in [0.717, 1.165) is 18.8 Å². The highest BCUT2D eigenvalue weighted by atomic mass is 16.5. The zero-order valence-corrected chi connectivity index (χ0v) is 9.40. The van der Waals surface area contributed by atoms with Crippen molar-refractivity contribution in [1.82, 2.24) is 0 Å². The molecule has 1 fully saturated rings. The van der Waals surface area contributed by atoms with E-state index in [4.69, 9.17) is 10.5 Å². The van der Waals surface area contributed by atoms with E-state index in [1.807, 2.05) is 12.1 Å². The van der Waals surface area contributed by atoms with Crippen molar-refractivity contribution in [2.75, 3.05) is 25.1 Å². The van der Waals surface area contributed by atoms with E-state index < -0.39 is 5.91 Å². The largest absolute Gasteiger partial charge is 0.496 e. The second kappa shape index (κ2) is 4.43. The smallest absolute Gasteiger partial charge is 0.252 e. The Morgan fingerprint density at radius 1 is 1.38 bits per heavy atom. The molecule has 86 valence electrons. The molecule has 4 nitrogen and oxygen atoms in total. The number of nitrogens with zero attached hydrogens (tertiary/aromatic N) is 1. The molecular formula is C12H16N2O2. The SMILES string of the molecule is COc1cc(N2CCCC2)ccc1C(N)=O. The fraction of sp³-hybridized carbons (Fsp3) is 0.417. The van der Waals surface area contributed by atoms with Gasteiger partial charge in [-0.3, -0.25) is 4.79 Å². The number of ether oxygens (including phenoxy) is 1. The van der Waals surface area contributed by atoms with Crippen molar-refractivity contribution >= 4 is 11.6 Å². The van der Waals surface area contributed by atoms with Crippen LogP contribution in [0.1, 0.15) is 23.2 Å². The molecule has 0 aromatic heterocycles. The van der Waals surface area contributed by atoms with Gasteiger partial charge in [0.15, 0.2) is 0 Å². The second-order valence-corrected chi connectivity index (χ2v) is 3.94. The molecule has 0 unspecified atom stereocenters. The van der Waals surface area contributed by atoms with Crippen LogP contribution in [0.15, 0.2) is 18.2 Å². The fourth-order valence-electron chi connectivity index (χ4n) is 2.06. The number of nitrogens with two attached hydrogens (primary N) is 1. The first kappa shape index (κ1) is 10.8. The Kier molecular flexibility index (Phi) is 2.99. The normalized spacial score (nSPS) is 15.2. The molecule has 0 bridgehead atoms. The molecule has 0 radical (unpaired) electrons. The molecule has 2 rings (SSSR count). The van der Waals surface area contributed by atoms with Gasteiger partial charge in [0, 0.05) is 24.8 Å². The Labute approximate surface area is 95.0 Å². The van der Waals surface area contributed by atoms with Crippen molar-refractivity contribution in [3.05, 3.63) is 23.8 Å². The Bertz CT molecular complexity index is 398. The van der Waals surface area contributed by atoms with Gasteiger partial charge < -0.3 is 15.4 Å². The van der Waals surface area contributed by atoms with Crippen molar-refractivity contribution in [2.24, 2.45) is 5.73 Å². The quantitative estimate of drug-likeness (QED) is 0.837. The second-order valence-electron chi connectivity index (χ2n) is 3.94. The maximum absolute atomic E-state index is 11.1. The number of amides is 1. The summed E-state index contributed by atoms with van der Waals surface area (Å²) in [4.78, 5) is 13.4. The summed E-state index contributed by atoms with van der Waals surface area (Å²) in [6.45, 7) is 2.14. The molecule has 1 amide bonds. The first-order valence-corrected chi connectivity index (χ1v) is 5.45. The number of anilines is 1. The third-order valence-electron chi connectivity index (χ3n) is 2.92. The van der Waals surface area contributed by atoms with Crippen LogP contribution in [-0.2, 0) is 0 Å². The van der Waals surface area contributed by atoms with E-state index in [0.29, 0.717) is 11.3 Å². The molecule has 0 atom stereocenters. The predicted molar refractivity (Wildman–Crippen MR) is 63.0 cm³/mol. The molecule has 1 aliphatic heterocycles. The van der Waals surface area contributed by atoms with Crippen LogP contribution in [-0.4, -0.2) is 26.1 Å². The van der Waals surface area contributed by atoms with Gasteiger partial charge in [0.2, 0.25) is 0 Å². The number of primary amides is 1. The van der Waals surface area contributed by atoms with E-state index >= 15 is 0 Å². The molecule has 0 saturated carbocycles. The van der Waals surface area contributed by atoms with E-state index in [1.54, 1.807) is 13.2 Å². The van der Waals surface area contributed by atoms with Gasteiger partial charge in [0.25, 0.3) is 5.91 Å². The van der Waals surface area contributed by atoms with Crippen LogP contribution in [0.3, 0.4) is 0 Å². The van der Waals surface area contributed by atoms with Gasteiger partial charge in [0.05, 0.1) is 12.7 Å². The molecule has 1 saturated heterocycles. The summed E-state index contributed by atoms with van der Waals surface area (Å²) in [7, 11) is 1.55. The molecule has 0 aliphatic carbocycles. The average Bonchev–Trinajstić information content (AvgIpc) is 2.81. The average molecular weight is 220 g/mol. The van der Waals surface area contributed by atoms with Crippen molar-refractivity contribution in [2.45, 2.75) is 12.8 Å². The topological polar surface area (TPSA) is 55.6 Å². The lowest BCUT2D eigenvalue weighted by molar-refractivity contribution is 0.0997. The molecule has 4 heteroatoms. The number of rotatable bonds is 3. The summed E-state index contributed by atoms with van der Waals surface area (Å²) in [5.41, 5.74) is 6.79. The van der Waals surface area contributed by atoms with Gasteiger partial charge in [-0.25, -0.2) is 0 Å². The highest BCUT2D eigenvalue weighted by molar-refractivity contribution is 5.96. The molecule has 0 spiro atoms. The van der Waals surface area contributed by atoms with Gasteiger partial charge in [-0.05, 0) is 25.0 Å². The van der Waals surface area contributed by atoms with Crippen LogP contribution in [0.4, 0.5) is 5.69 Å². The van der Waals surface area contributed by atoms with Crippen LogP contribution in [0.25, 0.3) is 0 Å². The van der Waals surface area contributed by atoms with Crippen LogP contribution in [0.5, 0.6) is 5.75 Å². The lowest BCUT2D eigenvalue weighted by atomic mass is 10.1. The van der Waals surface area contributed by atoms with Crippen LogP contribution >= 0.6 is 0 Å². The standard InChI is InChI=1S/C12H16N2O2/c1-16-11-8-9(14-6-2-3-7-14)4-5-10(11)12(13)15/h4-5,8H,2-3,6-7H2,1H3,(H2,13,15). The molecule has 1 aromatic rings. The third-order valence-corrected chi connectivity index (χ3v) is 2.92. The molecule has 1 aliphatic rings. The number of carbonyl (C=O) groups excluding carboxylic acids is 1. The Balaban J connectivity index is 2.32. The number of methoxy groups -OCH3 is 1. The van der Waals surface area contributed by atoms with E-state index in [1.165, 1.54) is 12.8 Å². The van der Waals surface area contributed by atoms with E-state index in [-0.39, 0.29) is 0 Å². The van der Waals surface area contributed by atoms with Gasteiger partial charge in [-0.15, -0.1) is 0 Å². The minimum Gasteiger partial charge on any atom is -0.496 e. The van der Waals surface area contributed by atoms with Gasteiger partial charge in [0.1, 0.15) is 5.75 Å². The van der Waals surface area contributed by atoms with Crippen LogP contribution < -0.4 is 15.4 Å². The molecule has 1 aromatic carbocycles. The zero-order valence-electron chi connectivity index (χ0n) is 9.40. The van der Waals surface area contributed by atoms with Gasteiger partial charge in [-0.1, -0.05) is 0 Å². The molecule has 2 N–H and O–H groups in total. The summed E-state index contributed by atoms with van der Waals surface area (Å²) < 4.78 is 5.18. The van der Waals surface area contributed by atoms with Gasteiger partial charge in [-0.2, -0.15) is 0 Å². The zero-order chi connectivity index (χ0) is 11.5. The Hall–Kier alpha value is -1.71. The highest BCUT2D eigenvalue weighted by Crippen LogP contribution is 2.27. The minimum atomic E-state index is -0.454. The third kappa shape index (κ3) is 1.96. The Morgan fingerprint density at radius 3 is 2.62 bits per heavy atom.